The minimum atomic E-state index is -0.501. The Hall–Kier alpha value is -2.13. The fourth-order valence-electron chi connectivity index (χ4n) is 2.63. The summed E-state index contributed by atoms with van der Waals surface area (Å²) < 4.78 is 5.19. The van der Waals surface area contributed by atoms with Crippen LogP contribution in [-0.2, 0) is 4.74 Å². The van der Waals surface area contributed by atoms with Gasteiger partial charge in [-0.25, -0.2) is 0 Å². The van der Waals surface area contributed by atoms with Gasteiger partial charge in [0.1, 0.15) is 11.6 Å². The van der Waals surface area contributed by atoms with Crippen LogP contribution in [-0.4, -0.2) is 31.7 Å². The van der Waals surface area contributed by atoms with Crippen molar-refractivity contribution in [2.45, 2.75) is 12.8 Å². The number of hydrogen-bond donors (Lipinski definition) is 0. The molecule has 0 radical (unpaired) electrons. The molecule has 1 aromatic rings. The molecule has 1 atom stereocenters. The smallest absolute Gasteiger partial charge is 0.289 e. The van der Waals surface area contributed by atoms with Crippen LogP contribution >= 0.6 is 0 Å². The zero-order valence-electron chi connectivity index (χ0n) is 11.4. The number of anilines is 1. The molecule has 1 fully saturated rings. The lowest BCUT2D eigenvalue weighted by atomic mass is 9.98. The molecular weight excluding hydrogens is 258 g/mol. The van der Waals surface area contributed by atoms with Crippen molar-refractivity contribution >= 4 is 11.4 Å². The molecule has 1 aromatic carbocycles. The molecule has 6 heteroatoms. The highest BCUT2D eigenvalue weighted by Gasteiger charge is 2.22. The Morgan fingerprint density at radius 1 is 1.60 bits per heavy atom. The maximum Gasteiger partial charge on any atom is 0.289 e. The van der Waals surface area contributed by atoms with Gasteiger partial charge in [0.25, 0.3) is 5.69 Å². The number of rotatable bonds is 4. The van der Waals surface area contributed by atoms with E-state index in [4.69, 9.17) is 10.00 Å². The molecule has 0 N–H and O–H groups in total. The van der Waals surface area contributed by atoms with Crippen LogP contribution < -0.4 is 4.90 Å². The number of ether oxygens (including phenoxy) is 1. The van der Waals surface area contributed by atoms with Crippen molar-refractivity contribution in [1.82, 2.24) is 0 Å². The van der Waals surface area contributed by atoms with Crippen LogP contribution in [0.15, 0.2) is 18.2 Å². The Labute approximate surface area is 117 Å². The van der Waals surface area contributed by atoms with Gasteiger partial charge in [-0.1, -0.05) is 0 Å². The molecule has 0 spiro atoms. The second-order valence-electron chi connectivity index (χ2n) is 4.98. The molecule has 1 unspecified atom stereocenters. The molecule has 0 aliphatic carbocycles. The molecule has 0 bridgehead atoms. The molecule has 1 aliphatic rings. The summed E-state index contributed by atoms with van der Waals surface area (Å²) >= 11 is 0. The fourth-order valence-corrected chi connectivity index (χ4v) is 2.63. The van der Waals surface area contributed by atoms with E-state index >= 15 is 0 Å². The number of nitro groups is 1. The first-order valence-corrected chi connectivity index (χ1v) is 6.58. The van der Waals surface area contributed by atoms with E-state index in [9.17, 15) is 10.1 Å². The van der Waals surface area contributed by atoms with E-state index in [2.05, 4.69) is 4.90 Å². The zero-order chi connectivity index (χ0) is 14.5. The van der Waals surface area contributed by atoms with Crippen molar-refractivity contribution in [3.05, 3.63) is 33.9 Å². The quantitative estimate of drug-likeness (QED) is 0.622. The SMILES string of the molecule is COCC1CCCN(c2ccc(C#N)c([N+](=O)[O-])c2)C1. The summed E-state index contributed by atoms with van der Waals surface area (Å²) in [6, 6.07) is 6.65. The first-order chi connectivity index (χ1) is 9.65. The summed E-state index contributed by atoms with van der Waals surface area (Å²) in [6.07, 6.45) is 2.16. The van der Waals surface area contributed by atoms with Crippen LogP contribution in [0.3, 0.4) is 0 Å². The Bertz CT molecular complexity index is 537. The maximum absolute atomic E-state index is 11.0. The number of benzene rings is 1. The van der Waals surface area contributed by atoms with Gasteiger partial charge in [0.15, 0.2) is 0 Å². The van der Waals surface area contributed by atoms with E-state index in [1.807, 2.05) is 6.07 Å². The number of nitro benzene ring substituents is 1. The summed E-state index contributed by atoms with van der Waals surface area (Å²) in [5.74, 6) is 0.448. The van der Waals surface area contributed by atoms with Crippen LogP contribution in [0.5, 0.6) is 0 Å². The summed E-state index contributed by atoms with van der Waals surface area (Å²) in [5, 5.41) is 19.9. The second-order valence-corrected chi connectivity index (χ2v) is 4.98. The number of piperidine rings is 1. The van der Waals surface area contributed by atoms with E-state index < -0.39 is 4.92 Å². The molecule has 6 nitrogen and oxygen atoms in total. The molecule has 1 saturated heterocycles. The van der Waals surface area contributed by atoms with E-state index in [0.717, 1.165) is 31.6 Å². The average molecular weight is 275 g/mol. The van der Waals surface area contributed by atoms with Gasteiger partial charge in [0, 0.05) is 32.0 Å². The second kappa shape index (κ2) is 6.35. The summed E-state index contributed by atoms with van der Waals surface area (Å²) in [4.78, 5) is 12.6. The van der Waals surface area contributed by atoms with Crippen molar-refractivity contribution in [2.24, 2.45) is 5.92 Å². The fraction of sp³-hybridized carbons (Fsp3) is 0.500. The third-order valence-electron chi connectivity index (χ3n) is 3.58. The predicted octanol–water partition coefficient (Wildman–Crippen LogP) is 2.33. The zero-order valence-corrected chi connectivity index (χ0v) is 11.4. The molecule has 0 saturated carbocycles. The number of methoxy groups -OCH3 is 1. The average Bonchev–Trinajstić information content (AvgIpc) is 2.47. The van der Waals surface area contributed by atoms with Crippen LogP contribution in [0.4, 0.5) is 11.4 Å². The number of hydrogen-bond acceptors (Lipinski definition) is 5. The third kappa shape index (κ3) is 3.06. The molecular formula is C14H17N3O3. The van der Waals surface area contributed by atoms with Gasteiger partial charge >= 0.3 is 0 Å². The lowest BCUT2D eigenvalue weighted by molar-refractivity contribution is -0.385. The first kappa shape index (κ1) is 14.3. The molecule has 2 rings (SSSR count). The van der Waals surface area contributed by atoms with E-state index in [-0.39, 0.29) is 11.3 Å². The van der Waals surface area contributed by atoms with Crippen LogP contribution in [0.25, 0.3) is 0 Å². The molecule has 0 amide bonds. The Kier molecular flexibility index (Phi) is 4.53. The van der Waals surface area contributed by atoms with Crippen LogP contribution in [0, 0.1) is 27.4 Å². The minimum Gasteiger partial charge on any atom is -0.384 e. The van der Waals surface area contributed by atoms with Crippen LogP contribution in [0.1, 0.15) is 18.4 Å². The summed E-state index contributed by atoms with van der Waals surface area (Å²) in [7, 11) is 1.69. The monoisotopic (exact) mass is 275 g/mol. The van der Waals surface area contributed by atoms with Crippen molar-refractivity contribution in [3.63, 3.8) is 0 Å². The van der Waals surface area contributed by atoms with E-state index in [1.165, 1.54) is 12.1 Å². The highest BCUT2D eigenvalue weighted by atomic mass is 16.6. The highest BCUT2D eigenvalue weighted by Crippen LogP contribution is 2.28. The Morgan fingerprint density at radius 3 is 3.05 bits per heavy atom. The first-order valence-electron chi connectivity index (χ1n) is 6.58. The van der Waals surface area contributed by atoms with E-state index in [1.54, 1.807) is 13.2 Å². The number of nitriles is 1. The van der Waals surface area contributed by atoms with Crippen LogP contribution in [0.2, 0.25) is 0 Å². The summed E-state index contributed by atoms with van der Waals surface area (Å²) in [6.45, 7) is 2.41. The van der Waals surface area contributed by atoms with Gasteiger partial charge < -0.3 is 9.64 Å². The lowest BCUT2D eigenvalue weighted by Crippen LogP contribution is -2.37. The maximum atomic E-state index is 11.0. The largest absolute Gasteiger partial charge is 0.384 e. The Morgan fingerprint density at radius 2 is 2.40 bits per heavy atom. The molecule has 1 heterocycles. The van der Waals surface area contributed by atoms with Gasteiger partial charge in [-0.05, 0) is 30.9 Å². The van der Waals surface area contributed by atoms with Crippen molar-refractivity contribution < 1.29 is 9.66 Å². The van der Waals surface area contributed by atoms with Gasteiger partial charge in [-0.2, -0.15) is 5.26 Å². The predicted molar refractivity (Wildman–Crippen MR) is 74.6 cm³/mol. The van der Waals surface area contributed by atoms with Gasteiger partial charge in [-0.3, -0.25) is 10.1 Å². The molecule has 0 aromatic heterocycles. The standard InChI is InChI=1S/C14H17N3O3/c1-20-10-11-3-2-6-16(9-11)13-5-4-12(8-15)14(7-13)17(18)19/h4-5,7,11H,2-3,6,9-10H2,1H3. The summed E-state index contributed by atoms with van der Waals surface area (Å²) in [5.41, 5.74) is 0.777. The van der Waals surface area contributed by atoms with Crippen molar-refractivity contribution in [2.75, 3.05) is 31.7 Å². The lowest BCUT2D eigenvalue weighted by Gasteiger charge is -2.34. The minimum absolute atomic E-state index is 0.101. The van der Waals surface area contributed by atoms with Gasteiger partial charge in [-0.15, -0.1) is 0 Å². The highest BCUT2D eigenvalue weighted by molar-refractivity contribution is 5.60. The molecule has 20 heavy (non-hydrogen) atoms. The van der Waals surface area contributed by atoms with E-state index in [0.29, 0.717) is 12.5 Å². The van der Waals surface area contributed by atoms with Gasteiger partial charge in [0.05, 0.1) is 11.5 Å². The topological polar surface area (TPSA) is 79.4 Å². The van der Waals surface area contributed by atoms with Gasteiger partial charge in [0.2, 0.25) is 0 Å². The normalized spacial score (nSPS) is 18.6. The third-order valence-corrected chi connectivity index (χ3v) is 3.58. The number of nitrogens with zero attached hydrogens (tertiary/aromatic N) is 3. The van der Waals surface area contributed by atoms with Crippen molar-refractivity contribution in [3.8, 4) is 6.07 Å². The Balaban J connectivity index is 2.22. The van der Waals surface area contributed by atoms with Crippen molar-refractivity contribution in [1.29, 1.82) is 5.26 Å². The molecule has 106 valence electrons. The molecule has 1 aliphatic heterocycles.